The fourth-order valence-electron chi connectivity index (χ4n) is 1.62. The van der Waals surface area contributed by atoms with Crippen molar-refractivity contribution < 1.29 is 4.79 Å². The van der Waals surface area contributed by atoms with Gasteiger partial charge in [-0.2, -0.15) is 0 Å². The van der Waals surface area contributed by atoms with Gasteiger partial charge in [-0.15, -0.1) is 0 Å². The number of carbonyl (C=O) groups is 1. The van der Waals surface area contributed by atoms with Gasteiger partial charge in [0.25, 0.3) is 0 Å². The number of halogens is 1. The topological polar surface area (TPSA) is 17.1 Å². The summed E-state index contributed by atoms with van der Waals surface area (Å²) >= 11 is 5.93. The number of carbonyl (C=O) groups excluding carboxylic acids is 1. The largest absolute Gasteiger partial charge is 0.303 e. The summed E-state index contributed by atoms with van der Waals surface area (Å²) in [4.78, 5) is 10.4. The average Bonchev–Trinajstić information content (AvgIpc) is 2.18. The van der Waals surface area contributed by atoms with Crippen molar-refractivity contribution in [3.05, 3.63) is 34.3 Å². The Morgan fingerprint density at radius 1 is 1.50 bits per heavy atom. The first-order valence-corrected chi connectivity index (χ1v) is 5.28. The van der Waals surface area contributed by atoms with Crippen LogP contribution in [0.1, 0.15) is 37.3 Å². The number of hydrogen-bond donors (Lipinski definition) is 0. The molecule has 76 valence electrons. The zero-order valence-electron chi connectivity index (χ0n) is 8.59. The molecule has 0 aliphatic rings. The molecule has 0 bridgehead atoms. The summed E-state index contributed by atoms with van der Waals surface area (Å²) in [5.74, 6) is 0.265. The van der Waals surface area contributed by atoms with E-state index in [1.54, 1.807) is 0 Å². The Labute approximate surface area is 90.1 Å². The molecule has 0 amide bonds. The summed E-state index contributed by atoms with van der Waals surface area (Å²) in [6, 6.07) is 5.91. The highest BCUT2D eigenvalue weighted by molar-refractivity contribution is 6.30. The normalized spacial score (nSPS) is 12.5. The van der Waals surface area contributed by atoms with Crippen molar-refractivity contribution in [2.75, 3.05) is 0 Å². The molecule has 1 aromatic carbocycles. The highest BCUT2D eigenvalue weighted by Crippen LogP contribution is 2.25. The zero-order valence-corrected chi connectivity index (χ0v) is 9.34. The van der Waals surface area contributed by atoms with Gasteiger partial charge in [0, 0.05) is 11.4 Å². The van der Waals surface area contributed by atoms with E-state index >= 15 is 0 Å². The molecule has 14 heavy (non-hydrogen) atoms. The fraction of sp³-hybridized carbons (Fsp3) is 0.417. The lowest BCUT2D eigenvalue weighted by Gasteiger charge is -2.13. The van der Waals surface area contributed by atoms with Crippen LogP contribution in [0.4, 0.5) is 0 Å². The van der Waals surface area contributed by atoms with Crippen LogP contribution in [0.5, 0.6) is 0 Å². The van der Waals surface area contributed by atoms with Crippen molar-refractivity contribution in [2.45, 2.75) is 32.6 Å². The molecule has 1 rings (SSSR count). The molecule has 1 atom stereocenters. The minimum absolute atomic E-state index is 0.265. The van der Waals surface area contributed by atoms with Gasteiger partial charge in [-0.3, -0.25) is 0 Å². The molecule has 2 heteroatoms. The second-order valence-corrected chi connectivity index (χ2v) is 3.94. The van der Waals surface area contributed by atoms with Crippen LogP contribution < -0.4 is 0 Å². The van der Waals surface area contributed by atoms with Gasteiger partial charge >= 0.3 is 0 Å². The predicted molar refractivity (Wildman–Crippen MR) is 59.9 cm³/mol. The second kappa shape index (κ2) is 5.16. The smallest absolute Gasteiger partial charge is 0.120 e. The zero-order chi connectivity index (χ0) is 10.6. The van der Waals surface area contributed by atoms with E-state index in [9.17, 15) is 4.79 Å². The maximum Gasteiger partial charge on any atom is 0.120 e. The lowest BCUT2D eigenvalue weighted by molar-refractivity contribution is -0.108. The van der Waals surface area contributed by atoms with Gasteiger partial charge in [0.1, 0.15) is 6.29 Å². The van der Waals surface area contributed by atoms with Crippen LogP contribution >= 0.6 is 11.6 Å². The molecule has 0 saturated heterocycles. The standard InChI is InChI=1S/C12H15ClO/c1-3-10-4-5-11(13)8-12(10)9(2)6-7-14/h4-5,7-9H,3,6H2,1-2H3. The van der Waals surface area contributed by atoms with Crippen molar-refractivity contribution in [1.29, 1.82) is 0 Å². The lowest BCUT2D eigenvalue weighted by Crippen LogP contribution is -1.99. The molecular formula is C12H15ClO. The van der Waals surface area contributed by atoms with Crippen LogP contribution in [0.15, 0.2) is 18.2 Å². The van der Waals surface area contributed by atoms with Crippen LogP contribution in [0, 0.1) is 0 Å². The first kappa shape index (κ1) is 11.3. The predicted octanol–water partition coefficient (Wildman–Crippen LogP) is 3.59. The molecule has 0 fully saturated rings. The monoisotopic (exact) mass is 210 g/mol. The highest BCUT2D eigenvalue weighted by Gasteiger charge is 2.09. The van der Waals surface area contributed by atoms with Crippen LogP contribution in [-0.4, -0.2) is 6.29 Å². The van der Waals surface area contributed by atoms with Gasteiger partial charge in [0.15, 0.2) is 0 Å². The molecule has 0 heterocycles. The molecule has 0 aromatic heterocycles. The number of hydrogen-bond acceptors (Lipinski definition) is 1. The van der Waals surface area contributed by atoms with Gasteiger partial charge in [-0.1, -0.05) is 31.5 Å². The second-order valence-electron chi connectivity index (χ2n) is 3.50. The average molecular weight is 211 g/mol. The van der Waals surface area contributed by atoms with Gasteiger partial charge in [0.05, 0.1) is 0 Å². The molecular weight excluding hydrogens is 196 g/mol. The summed E-state index contributed by atoms with van der Waals surface area (Å²) in [6.07, 6.45) is 2.51. The van der Waals surface area contributed by atoms with Crippen molar-refractivity contribution >= 4 is 17.9 Å². The number of aryl methyl sites for hydroxylation is 1. The molecule has 0 spiro atoms. The summed E-state index contributed by atoms with van der Waals surface area (Å²) in [5.41, 5.74) is 2.48. The van der Waals surface area contributed by atoms with Crippen molar-refractivity contribution in [3.63, 3.8) is 0 Å². The van der Waals surface area contributed by atoms with Gasteiger partial charge < -0.3 is 4.79 Å². The Morgan fingerprint density at radius 2 is 2.21 bits per heavy atom. The van der Waals surface area contributed by atoms with E-state index in [1.165, 1.54) is 11.1 Å². The van der Waals surface area contributed by atoms with Crippen molar-refractivity contribution in [1.82, 2.24) is 0 Å². The van der Waals surface area contributed by atoms with E-state index in [0.717, 1.165) is 17.7 Å². The Balaban J connectivity index is 3.02. The van der Waals surface area contributed by atoms with Crippen LogP contribution in [0.3, 0.4) is 0 Å². The lowest BCUT2D eigenvalue weighted by atomic mass is 9.92. The maximum atomic E-state index is 10.4. The van der Waals surface area contributed by atoms with Crippen LogP contribution in [0.2, 0.25) is 5.02 Å². The van der Waals surface area contributed by atoms with E-state index in [2.05, 4.69) is 13.8 Å². The molecule has 0 aliphatic heterocycles. The van der Waals surface area contributed by atoms with E-state index < -0.39 is 0 Å². The van der Waals surface area contributed by atoms with E-state index in [4.69, 9.17) is 11.6 Å². The third kappa shape index (κ3) is 2.58. The van der Waals surface area contributed by atoms with E-state index in [-0.39, 0.29) is 5.92 Å². The van der Waals surface area contributed by atoms with E-state index in [1.807, 2.05) is 18.2 Å². The number of aldehydes is 1. The van der Waals surface area contributed by atoms with Gasteiger partial charge in [-0.25, -0.2) is 0 Å². The Bertz CT molecular complexity index is 320. The maximum absolute atomic E-state index is 10.4. The molecule has 0 radical (unpaired) electrons. The molecule has 0 aliphatic carbocycles. The number of benzene rings is 1. The molecule has 0 saturated carbocycles. The summed E-state index contributed by atoms with van der Waals surface area (Å²) in [7, 11) is 0. The first-order chi connectivity index (χ1) is 6.69. The van der Waals surface area contributed by atoms with E-state index in [0.29, 0.717) is 6.42 Å². The third-order valence-electron chi connectivity index (χ3n) is 2.47. The van der Waals surface area contributed by atoms with Crippen molar-refractivity contribution in [3.8, 4) is 0 Å². The summed E-state index contributed by atoms with van der Waals surface area (Å²) < 4.78 is 0. The quantitative estimate of drug-likeness (QED) is 0.695. The third-order valence-corrected chi connectivity index (χ3v) is 2.70. The SMILES string of the molecule is CCc1ccc(Cl)cc1C(C)CC=O. The van der Waals surface area contributed by atoms with Crippen molar-refractivity contribution in [2.24, 2.45) is 0 Å². The molecule has 1 nitrogen and oxygen atoms in total. The Morgan fingerprint density at radius 3 is 2.79 bits per heavy atom. The minimum atomic E-state index is 0.265. The van der Waals surface area contributed by atoms with Crippen LogP contribution in [0.25, 0.3) is 0 Å². The minimum Gasteiger partial charge on any atom is -0.303 e. The number of rotatable bonds is 4. The van der Waals surface area contributed by atoms with Crippen LogP contribution in [-0.2, 0) is 11.2 Å². The summed E-state index contributed by atoms with van der Waals surface area (Å²) in [5, 5.41) is 0.745. The fourth-order valence-corrected chi connectivity index (χ4v) is 1.80. The Kier molecular flexibility index (Phi) is 4.15. The molecule has 1 aromatic rings. The van der Waals surface area contributed by atoms with Gasteiger partial charge in [0.2, 0.25) is 0 Å². The van der Waals surface area contributed by atoms with Gasteiger partial charge in [-0.05, 0) is 35.6 Å². The highest BCUT2D eigenvalue weighted by atomic mass is 35.5. The first-order valence-electron chi connectivity index (χ1n) is 4.91. The molecule has 1 unspecified atom stereocenters. The Hall–Kier alpha value is -0.820. The summed E-state index contributed by atoms with van der Waals surface area (Å²) in [6.45, 7) is 4.17. The molecule has 0 N–H and O–H groups in total.